The minimum absolute atomic E-state index is 0.201. The zero-order valence-corrected chi connectivity index (χ0v) is 19.4. The van der Waals surface area contributed by atoms with Crippen molar-refractivity contribution in [2.45, 2.75) is 44.2 Å². The quantitative estimate of drug-likeness (QED) is 0.491. The number of piperidine rings is 1. The van der Waals surface area contributed by atoms with Crippen LogP contribution in [0, 0.1) is 18.3 Å². The van der Waals surface area contributed by atoms with Gasteiger partial charge in [-0.25, -0.2) is 9.97 Å². The highest BCUT2D eigenvalue weighted by molar-refractivity contribution is 6.39. The molecule has 1 aliphatic carbocycles. The summed E-state index contributed by atoms with van der Waals surface area (Å²) in [5, 5.41) is 16.3. The average Bonchev–Trinajstić information content (AvgIpc) is 3.70. The Bertz CT molecular complexity index is 1350. The van der Waals surface area contributed by atoms with Crippen LogP contribution in [0.15, 0.2) is 36.8 Å². The SMILES string of the molecule is Cc1ccncc1-c1cc2cc(NC(=O)C(=O)NC3(C#N)CCN(C4CC4)CC3)ncc2c(N)n1. The van der Waals surface area contributed by atoms with Gasteiger partial charge in [0.15, 0.2) is 0 Å². The Balaban J connectivity index is 1.31. The second-order valence-corrected chi connectivity index (χ2v) is 9.24. The summed E-state index contributed by atoms with van der Waals surface area (Å²) in [4.78, 5) is 40.5. The lowest BCUT2D eigenvalue weighted by molar-refractivity contribution is -0.137. The normalized spacial score (nSPS) is 17.5. The molecule has 1 aliphatic heterocycles. The Labute approximate surface area is 202 Å². The molecule has 3 aromatic heterocycles. The number of hydrogen-bond donors (Lipinski definition) is 3. The van der Waals surface area contributed by atoms with Gasteiger partial charge in [0, 0.05) is 48.7 Å². The van der Waals surface area contributed by atoms with E-state index >= 15 is 0 Å². The lowest BCUT2D eigenvalue weighted by atomic mass is 9.88. The van der Waals surface area contributed by atoms with Gasteiger partial charge in [0.2, 0.25) is 0 Å². The van der Waals surface area contributed by atoms with E-state index in [0.29, 0.717) is 41.2 Å². The van der Waals surface area contributed by atoms with Crippen molar-refractivity contribution in [1.82, 2.24) is 25.2 Å². The van der Waals surface area contributed by atoms with Gasteiger partial charge in [0.05, 0.1) is 11.8 Å². The second kappa shape index (κ2) is 8.92. The van der Waals surface area contributed by atoms with Crippen LogP contribution in [0.5, 0.6) is 0 Å². The predicted octanol–water partition coefficient (Wildman–Crippen LogP) is 2.16. The molecule has 1 saturated heterocycles. The molecule has 4 heterocycles. The highest BCUT2D eigenvalue weighted by Crippen LogP contribution is 2.32. The molecule has 178 valence electrons. The summed E-state index contributed by atoms with van der Waals surface area (Å²) in [6, 6.07) is 8.20. The molecule has 5 rings (SSSR count). The fourth-order valence-corrected chi connectivity index (χ4v) is 4.53. The van der Waals surface area contributed by atoms with Gasteiger partial charge >= 0.3 is 11.8 Å². The van der Waals surface area contributed by atoms with Crippen molar-refractivity contribution in [2.75, 3.05) is 24.1 Å². The number of carbonyl (C=O) groups excluding carboxylic acids is 2. The zero-order chi connectivity index (χ0) is 24.6. The number of hydrogen-bond acceptors (Lipinski definition) is 8. The van der Waals surface area contributed by atoms with E-state index in [1.807, 2.05) is 19.1 Å². The van der Waals surface area contributed by atoms with Crippen LogP contribution in [0.2, 0.25) is 0 Å². The summed E-state index contributed by atoms with van der Waals surface area (Å²) >= 11 is 0. The zero-order valence-electron chi connectivity index (χ0n) is 19.4. The first kappa shape index (κ1) is 22.7. The largest absolute Gasteiger partial charge is 0.383 e. The van der Waals surface area contributed by atoms with Crippen molar-refractivity contribution >= 4 is 34.2 Å². The third kappa shape index (κ3) is 4.63. The van der Waals surface area contributed by atoms with E-state index in [1.165, 1.54) is 19.0 Å². The van der Waals surface area contributed by atoms with Gasteiger partial charge in [-0.05, 0) is 61.8 Å². The summed E-state index contributed by atoms with van der Waals surface area (Å²) in [5.41, 5.74) is 7.61. The molecule has 0 unspecified atom stereocenters. The second-order valence-electron chi connectivity index (χ2n) is 9.24. The van der Waals surface area contributed by atoms with Gasteiger partial charge < -0.3 is 21.3 Å². The highest BCUT2D eigenvalue weighted by Gasteiger charge is 2.41. The maximum Gasteiger partial charge on any atom is 0.314 e. The van der Waals surface area contributed by atoms with Crippen molar-refractivity contribution in [1.29, 1.82) is 5.26 Å². The number of likely N-dealkylation sites (tertiary alicyclic amines) is 1. The molecule has 35 heavy (non-hydrogen) atoms. The maximum absolute atomic E-state index is 12.6. The molecule has 10 heteroatoms. The fourth-order valence-electron chi connectivity index (χ4n) is 4.53. The van der Waals surface area contributed by atoms with Crippen molar-refractivity contribution in [2.24, 2.45) is 0 Å². The standard InChI is InChI=1S/C25H26N8O2/c1-15-4-7-28-12-18(15)20-10-16-11-21(29-13-19(16)22(27)30-20)31-23(34)24(35)32-25(14-26)5-8-33(9-6-25)17-2-3-17/h4,7,10-13,17H,2-3,5-6,8-9H2,1H3,(H2,27,30)(H,32,35)(H,29,31,34). The molecule has 1 saturated carbocycles. The number of amides is 2. The lowest BCUT2D eigenvalue weighted by Crippen LogP contribution is -2.56. The van der Waals surface area contributed by atoms with Crippen LogP contribution in [0.25, 0.3) is 22.0 Å². The molecular formula is C25H26N8O2. The average molecular weight is 471 g/mol. The minimum Gasteiger partial charge on any atom is -0.383 e. The van der Waals surface area contributed by atoms with Gasteiger partial charge in [-0.2, -0.15) is 5.26 Å². The Morgan fingerprint density at radius 1 is 1.20 bits per heavy atom. The van der Waals surface area contributed by atoms with E-state index in [0.717, 1.165) is 24.2 Å². The summed E-state index contributed by atoms with van der Waals surface area (Å²) in [6.45, 7) is 3.43. The van der Waals surface area contributed by atoms with E-state index in [1.54, 1.807) is 18.5 Å². The molecule has 0 aromatic carbocycles. The smallest absolute Gasteiger partial charge is 0.314 e. The molecule has 0 atom stereocenters. The predicted molar refractivity (Wildman–Crippen MR) is 131 cm³/mol. The van der Waals surface area contributed by atoms with Gasteiger partial charge in [-0.1, -0.05) is 0 Å². The highest BCUT2D eigenvalue weighted by atomic mass is 16.2. The van der Waals surface area contributed by atoms with Gasteiger partial charge in [-0.3, -0.25) is 14.6 Å². The first-order chi connectivity index (χ1) is 16.9. The Morgan fingerprint density at radius 2 is 1.97 bits per heavy atom. The lowest BCUT2D eigenvalue weighted by Gasteiger charge is -2.37. The summed E-state index contributed by atoms with van der Waals surface area (Å²) in [6.07, 6.45) is 8.31. The number of fused-ring (bicyclic) bond motifs is 1. The topological polar surface area (TPSA) is 150 Å². The maximum atomic E-state index is 12.6. The minimum atomic E-state index is -1.03. The molecule has 2 amide bonds. The van der Waals surface area contributed by atoms with Crippen molar-refractivity contribution in [3.05, 3.63) is 42.4 Å². The number of aromatic nitrogens is 3. The Morgan fingerprint density at radius 3 is 2.66 bits per heavy atom. The van der Waals surface area contributed by atoms with Crippen LogP contribution >= 0.6 is 0 Å². The number of carbonyl (C=O) groups is 2. The van der Waals surface area contributed by atoms with E-state index in [-0.39, 0.29) is 5.82 Å². The third-order valence-corrected chi connectivity index (χ3v) is 6.79. The summed E-state index contributed by atoms with van der Waals surface area (Å²) in [7, 11) is 0. The molecular weight excluding hydrogens is 444 g/mol. The molecule has 2 fully saturated rings. The fraction of sp³-hybridized carbons (Fsp3) is 0.360. The first-order valence-electron chi connectivity index (χ1n) is 11.6. The number of nitrogens with one attached hydrogen (secondary N) is 2. The van der Waals surface area contributed by atoms with Crippen molar-refractivity contribution in [3.63, 3.8) is 0 Å². The molecule has 0 bridgehead atoms. The Kier molecular flexibility index (Phi) is 5.78. The van der Waals surface area contributed by atoms with E-state index in [2.05, 4.69) is 36.6 Å². The molecule has 2 aliphatic rings. The summed E-state index contributed by atoms with van der Waals surface area (Å²) in [5.74, 6) is -1.22. The number of nitrogens with two attached hydrogens (primary N) is 1. The number of nitrogens with zero attached hydrogens (tertiary/aromatic N) is 5. The van der Waals surface area contributed by atoms with Crippen LogP contribution < -0.4 is 16.4 Å². The molecule has 0 radical (unpaired) electrons. The first-order valence-corrected chi connectivity index (χ1v) is 11.6. The number of pyridine rings is 3. The van der Waals surface area contributed by atoms with Gasteiger partial charge in [-0.15, -0.1) is 0 Å². The van der Waals surface area contributed by atoms with Crippen LogP contribution in [-0.4, -0.2) is 56.3 Å². The Hall–Kier alpha value is -4.10. The van der Waals surface area contributed by atoms with Crippen molar-refractivity contribution in [3.8, 4) is 17.3 Å². The molecule has 10 nitrogen and oxygen atoms in total. The number of aryl methyl sites for hydroxylation is 1. The number of rotatable bonds is 4. The van der Waals surface area contributed by atoms with Crippen LogP contribution in [0.3, 0.4) is 0 Å². The number of nitrogen functional groups attached to an aromatic ring is 1. The van der Waals surface area contributed by atoms with E-state index in [4.69, 9.17) is 5.73 Å². The van der Waals surface area contributed by atoms with Crippen molar-refractivity contribution < 1.29 is 9.59 Å². The summed E-state index contributed by atoms with van der Waals surface area (Å²) < 4.78 is 0. The van der Waals surface area contributed by atoms with Gasteiger partial charge in [0.1, 0.15) is 17.2 Å². The van der Waals surface area contributed by atoms with Crippen LogP contribution in [-0.2, 0) is 9.59 Å². The third-order valence-electron chi connectivity index (χ3n) is 6.79. The molecule has 0 spiro atoms. The molecule has 4 N–H and O–H groups in total. The number of anilines is 2. The van der Waals surface area contributed by atoms with E-state index in [9.17, 15) is 14.9 Å². The molecule has 3 aromatic rings. The van der Waals surface area contributed by atoms with Crippen LogP contribution in [0.1, 0.15) is 31.2 Å². The van der Waals surface area contributed by atoms with E-state index < -0.39 is 17.4 Å². The van der Waals surface area contributed by atoms with Gasteiger partial charge in [0.25, 0.3) is 0 Å². The monoisotopic (exact) mass is 470 g/mol. The number of nitriles is 1. The van der Waals surface area contributed by atoms with Crippen LogP contribution in [0.4, 0.5) is 11.6 Å².